The second-order valence-corrected chi connectivity index (χ2v) is 7.63. The van der Waals surface area contributed by atoms with E-state index in [-0.39, 0.29) is 17.8 Å². The van der Waals surface area contributed by atoms with Gasteiger partial charge in [-0.25, -0.2) is 0 Å². The number of nitrogens with zero attached hydrogens (tertiary/aromatic N) is 1. The van der Waals surface area contributed by atoms with E-state index in [1.165, 1.54) is 5.56 Å². The number of carbonyl (C=O) groups is 1. The van der Waals surface area contributed by atoms with Crippen LogP contribution in [0.2, 0.25) is 5.02 Å². The maximum atomic E-state index is 11.9. The fourth-order valence-corrected chi connectivity index (χ4v) is 3.75. The van der Waals surface area contributed by atoms with Crippen LogP contribution in [0.15, 0.2) is 73.1 Å². The van der Waals surface area contributed by atoms with E-state index in [1.807, 2.05) is 43.3 Å². The van der Waals surface area contributed by atoms with Gasteiger partial charge in [0.15, 0.2) is 0 Å². The number of halogens is 1. The zero-order valence-electron chi connectivity index (χ0n) is 16.8. The van der Waals surface area contributed by atoms with E-state index >= 15 is 0 Å². The Hall–Kier alpha value is -2.49. The lowest BCUT2D eigenvalue weighted by Crippen LogP contribution is -2.26. The van der Waals surface area contributed by atoms with Crippen LogP contribution < -0.4 is 0 Å². The summed E-state index contributed by atoms with van der Waals surface area (Å²) < 4.78 is 6.03. The van der Waals surface area contributed by atoms with Crippen molar-refractivity contribution in [2.75, 3.05) is 6.61 Å². The smallest absolute Gasteiger partial charge is 0.132 e. The molecule has 1 aromatic heterocycles. The lowest BCUT2D eigenvalue weighted by Gasteiger charge is -2.27. The molecule has 0 aliphatic heterocycles. The molecule has 4 heteroatoms. The van der Waals surface area contributed by atoms with Gasteiger partial charge in [-0.2, -0.15) is 0 Å². The van der Waals surface area contributed by atoms with Gasteiger partial charge in [-0.1, -0.05) is 48.0 Å². The fourth-order valence-electron chi connectivity index (χ4n) is 3.62. The number of carbonyl (C=O) groups excluding carboxylic acids is 1. The lowest BCUT2D eigenvalue weighted by molar-refractivity contribution is -0.120. The molecule has 3 nitrogen and oxygen atoms in total. The van der Waals surface area contributed by atoms with E-state index in [2.05, 4.69) is 29.2 Å². The third-order valence-electron chi connectivity index (χ3n) is 5.04. The summed E-state index contributed by atoms with van der Waals surface area (Å²) in [5.74, 6) is 0.212. The number of aromatic nitrogens is 1. The number of hydrogen-bond donors (Lipinski definition) is 0. The predicted octanol–water partition coefficient (Wildman–Crippen LogP) is 6.11. The van der Waals surface area contributed by atoms with Crippen LogP contribution in [0, 0.1) is 0 Å². The molecule has 0 N–H and O–H groups in total. The first-order valence-electron chi connectivity index (χ1n) is 9.92. The minimum atomic E-state index is -0.167. The van der Waals surface area contributed by atoms with E-state index in [4.69, 9.17) is 16.3 Å². The number of pyridine rings is 1. The first-order valence-corrected chi connectivity index (χ1v) is 10.3. The van der Waals surface area contributed by atoms with Crippen molar-refractivity contribution in [3.8, 4) is 11.1 Å². The third-order valence-corrected chi connectivity index (χ3v) is 5.29. The van der Waals surface area contributed by atoms with E-state index in [0.29, 0.717) is 13.0 Å². The fraction of sp³-hybridized carbons (Fsp3) is 0.280. The zero-order valence-corrected chi connectivity index (χ0v) is 17.6. The molecule has 29 heavy (non-hydrogen) atoms. The van der Waals surface area contributed by atoms with Gasteiger partial charge in [0.25, 0.3) is 0 Å². The lowest BCUT2D eigenvalue weighted by atomic mass is 9.84. The molecule has 0 saturated carbocycles. The van der Waals surface area contributed by atoms with E-state index in [1.54, 1.807) is 19.3 Å². The molecule has 0 bridgehead atoms. The Kier molecular flexibility index (Phi) is 7.56. The monoisotopic (exact) mass is 407 g/mol. The summed E-state index contributed by atoms with van der Waals surface area (Å²) in [6.07, 6.45) is 4.61. The predicted molar refractivity (Wildman–Crippen MR) is 118 cm³/mol. The summed E-state index contributed by atoms with van der Waals surface area (Å²) in [7, 11) is 0. The Morgan fingerprint density at radius 2 is 1.59 bits per heavy atom. The molecule has 3 aromatic rings. The first-order chi connectivity index (χ1) is 14.1. The maximum absolute atomic E-state index is 11.9. The molecule has 2 atom stereocenters. The van der Waals surface area contributed by atoms with Crippen molar-refractivity contribution in [3.63, 3.8) is 0 Å². The minimum Gasteiger partial charge on any atom is -0.377 e. The van der Waals surface area contributed by atoms with Crippen LogP contribution in [0.1, 0.15) is 37.3 Å². The Bertz CT molecular complexity index is 908. The number of ketones is 1. The molecule has 150 valence electrons. The van der Waals surface area contributed by atoms with Crippen molar-refractivity contribution in [2.45, 2.75) is 38.7 Å². The molecule has 0 aliphatic rings. The summed E-state index contributed by atoms with van der Waals surface area (Å²) >= 11 is 6.05. The molecule has 0 saturated heterocycles. The van der Waals surface area contributed by atoms with Crippen molar-refractivity contribution < 1.29 is 9.53 Å². The molecule has 3 rings (SSSR count). The van der Waals surface area contributed by atoms with Gasteiger partial charge in [-0.15, -0.1) is 0 Å². The summed E-state index contributed by atoms with van der Waals surface area (Å²) in [5, 5.41) is 0.720. The molecule has 2 aromatic carbocycles. The molecule has 0 fully saturated rings. The number of ether oxygens (including phenoxy) is 1. The van der Waals surface area contributed by atoms with Crippen LogP contribution in [0.5, 0.6) is 0 Å². The second kappa shape index (κ2) is 10.3. The quantitative estimate of drug-likeness (QED) is 0.429. The van der Waals surface area contributed by atoms with Gasteiger partial charge in [0.2, 0.25) is 0 Å². The van der Waals surface area contributed by atoms with Gasteiger partial charge in [0.1, 0.15) is 5.78 Å². The summed E-state index contributed by atoms with van der Waals surface area (Å²) in [6.45, 7) is 4.17. The van der Waals surface area contributed by atoms with Crippen LogP contribution in [-0.2, 0) is 16.0 Å². The highest BCUT2D eigenvalue weighted by Gasteiger charge is 2.25. The van der Waals surface area contributed by atoms with Gasteiger partial charge in [0.05, 0.1) is 6.10 Å². The molecule has 0 spiro atoms. The average Bonchev–Trinajstić information content (AvgIpc) is 2.74. The van der Waals surface area contributed by atoms with Gasteiger partial charge in [-0.3, -0.25) is 9.78 Å². The van der Waals surface area contributed by atoms with Crippen LogP contribution in [0.25, 0.3) is 11.1 Å². The van der Waals surface area contributed by atoms with Crippen LogP contribution in [0.3, 0.4) is 0 Å². The standard InChI is InChI=1S/C25H26ClNO2/c1-3-29-25(16-18(2)28)24(17-19-4-10-23(26)11-5-19)22-8-6-20(7-9-22)21-12-14-27-15-13-21/h4-15,24-25H,3,16-17H2,1-2H3/t24?,25-/m1/s1. The normalized spacial score (nSPS) is 13.1. The van der Waals surface area contributed by atoms with Crippen LogP contribution >= 0.6 is 11.6 Å². The third kappa shape index (κ3) is 5.99. The van der Waals surface area contributed by atoms with Gasteiger partial charge in [0, 0.05) is 36.4 Å². The number of rotatable bonds is 9. The van der Waals surface area contributed by atoms with Gasteiger partial charge < -0.3 is 4.74 Å². The summed E-state index contributed by atoms with van der Waals surface area (Å²) in [6, 6.07) is 20.4. The second-order valence-electron chi connectivity index (χ2n) is 7.19. The number of Topliss-reactive ketones (excluding diaryl/α,β-unsaturated/α-hetero) is 1. The maximum Gasteiger partial charge on any atom is 0.132 e. The molecule has 0 aliphatic carbocycles. The average molecular weight is 408 g/mol. The van der Waals surface area contributed by atoms with Crippen molar-refractivity contribution in [3.05, 3.63) is 89.2 Å². The molecule has 1 unspecified atom stereocenters. The number of hydrogen-bond acceptors (Lipinski definition) is 3. The molecular formula is C25H26ClNO2. The summed E-state index contributed by atoms with van der Waals surface area (Å²) in [5.41, 5.74) is 4.61. The van der Waals surface area contributed by atoms with Crippen molar-refractivity contribution in [2.24, 2.45) is 0 Å². The van der Waals surface area contributed by atoms with Gasteiger partial charge in [-0.05, 0) is 66.8 Å². The SMILES string of the molecule is CCO[C@H](CC(C)=O)C(Cc1ccc(Cl)cc1)c1ccc(-c2ccncc2)cc1. The summed E-state index contributed by atoms with van der Waals surface area (Å²) in [4.78, 5) is 16.0. The molecule has 0 radical (unpaired) electrons. The highest BCUT2D eigenvalue weighted by molar-refractivity contribution is 6.30. The number of benzene rings is 2. The van der Waals surface area contributed by atoms with E-state index in [9.17, 15) is 4.79 Å². The van der Waals surface area contributed by atoms with Crippen LogP contribution in [0.4, 0.5) is 0 Å². The largest absolute Gasteiger partial charge is 0.377 e. The van der Waals surface area contributed by atoms with Crippen molar-refractivity contribution in [1.82, 2.24) is 4.98 Å². The minimum absolute atomic E-state index is 0.0755. The van der Waals surface area contributed by atoms with Gasteiger partial charge >= 0.3 is 0 Å². The van der Waals surface area contributed by atoms with E-state index < -0.39 is 0 Å². The van der Waals surface area contributed by atoms with Crippen molar-refractivity contribution in [1.29, 1.82) is 0 Å². The molecule has 0 amide bonds. The first kappa shape index (κ1) is 21.2. The Morgan fingerprint density at radius 3 is 2.17 bits per heavy atom. The Labute approximate surface area is 177 Å². The Balaban J connectivity index is 1.92. The molecule has 1 heterocycles. The highest BCUT2D eigenvalue weighted by atomic mass is 35.5. The zero-order chi connectivity index (χ0) is 20.6. The topological polar surface area (TPSA) is 39.2 Å². The van der Waals surface area contributed by atoms with Crippen molar-refractivity contribution >= 4 is 17.4 Å². The van der Waals surface area contributed by atoms with Crippen LogP contribution in [-0.4, -0.2) is 23.5 Å². The highest BCUT2D eigenvalue weighted by Crippen LogP contribution is 2.31. The van der Waals surface area contributed by atoms with E-state index in [0.717, 1.165) is 28.1 Å². The molecular weight excluding hydrogens is 382 g/mol. The Morgan fingerprint density at radius 1 is 0.966 bits per heavy atom.